The maximum atomic E-state index is 11.2. The predicted molar refractivity (Wildman–Crippen MR) is 59.2 cm³/mol. The Bertz CT molecular complexity index is 499. The Morgan fingerprint density at radius 3 is 2.56 bits per heavy atom. The third kappa shape index (κ3) is 1.91. The maximum absolute atomic E-state index is 11.2. The molecule has 0 aliphatic rings. The summed E-state index contributed by atoms with van der Waals surface area (Å²) in [7, 11) is 1.34. The highest BCUT2D eigenvalue weighted by molar-refractivity contribution is 5.89. The third-order valence-corrected chi connectivity index (χ3v) is 2.29. The van der Waals surface area contributed by atoms with E-state index in [0.29, 0.717) is 5.69 Å². The van der Waals surface area contributed by atoms with Crippen LogP contribution in [-0.4, -0.2) is 23.2 Å². The number of benzene rings is 1. The topological polar surface area (TPSA) is 62.3 Å². The smallest absolute Gasteiger partial charge is 0.354 e. The van der Waals surface area contributed by atoms with Crippen molar-refractivity contribution in [3.05, 3.63) is 42.2 Å². The van der Waals surface area contributed by atoms with E-state index in [-0.39, 0.29) is 5.75 Å². The molecule has 2 N–H and O–H groups in total. The zero-order valence-corrected chi connectivity index (χ0v) is 8.73. The summed E-state index contributed by atoms with van der Waals surface area (Å²) in [6.45, 7) is 0. The Hall–Kier alpha value is -2.23. The lowest BCUT2D eigenvalue weighted by Gasteiger charge is -1.97. The number of hydrogen-bond donors (Lipinski definition) is 2. The molecule has 0 spiro atoms. The van der Waals surface area contributed by atoms with Crippen LogP contribution < -0.4 is 0 Å². The highest BCUT2D eigenvalue weighted by Crippen LogP contribution is 2.22. The number of aromatic amines is 1. The number of aromatic nitrogens is 1. The van der Waals surface area contributed by atoms with Crippen molar-refractivity contribution in [2.45, 2.75) is 0 Å². The second-order valence-corrected chi connectivity index (χ2v) is 3.34. The molecule has 0 radical (unpaired) electrons. The summed E-state index contributed by atoms with van der Waals surface area (Å²) in [6, 6.07) is 8.46. The Morgan fingerprint density at radius 1 is 1.25 bits per heavy atom. The molecule has 4 heteroatoms. The molecule has 2 aromatic rings. The summed E-state index contributed by atoms with van der Waals surface area (Å²) in [5.74, 6) is -0.183. The van der Waals surface area contributed by atoms with Gasteiger partial charge in [0.05, 0.1) is 7.11 Å². The quantitative estimate of drug-likeness (QED) is 0.758. The largest absolute Gasteiger partial charge is 0.508 e. The fraction of sp³-hybridized carbons (Fsp3) is 0.0833. The Labute approximate surface area is 92.5 Å². The number of rotatable bonds is 2. The van der Waals surface area contributed by atoms with Crippen LogP contribution in [0.1, 0.15) is 10.5 Å². The molecule has 0 aliphatic carbocycles. The van der Waals surface area contributed by atoms with Crippen LogP contribution in [0.5, 0.6) is 5.75 Å². The molecular weight excluding hydrogens is 206 g/mol. The maximum Gasteiger partial charge on any atom is 0.354 e. The predicted octanol–water partition coefficient (Wildman–Crippen LogP) is 2.17. The SMILES string of the molecule is COC(=O)c1cc(-c2ccc(O)cc2)c[nH]1. The molecule has 0 atom stereocenters. The van der Waals surface area contributed by atoms with E-state index in [9.17, 15) is 4.79 Å². The van der Waals surface area contributed by atoms with Gasteiger partial charge in [0.1, 0.15) is 11.4 Å². The molecule has 0 amide bonds. The molecule has 1 aromatic heterocycles. The number of phenols is 1. The van der Waals surface area contributed by atoms with Gasteiger partial charge in [-0.15, -0.1) is 0 Å². The van der Waals surface area contributed by atoms with E-state index in [2.05, 4.69) is 9.72 Å². The number of nitrogens with one attached hydrogen (secondary N) is 1. The fourth-order valence-corrected chi connectivity index (χ4v) is 1.44. The lowest BCUT2D eigenvalue weighted by molar-refractivity contribution is 0.0595. The van der Waals surface area contributed by atoms with Gasteiger partial charge in [-0.05, 0) is 29.3 Å². The number of methoxy groups -OCH3 is 1. The molecule has 1 aromatic carbocycles. The number of carbonyl (C=O) groups excluding carboxylic acids is 1. The van der Waals surface area contributed by atoms with Crippen LogP contribution in [-0.2, 0) is 4.74 Å². The van der Waals surface area contributed by atoms with Crippen LogP contribution in [0.2, 0.25) is 0 Å². The zero-order chi connectivity index (χ0) is 11.5. The minimum atomic E-state index is -0.398. The Kier molecular flexibility index (Phi) is 2.64. The molecule has 0 saturated heterocycles. The van der Waals surface area contributed by atoms with Crippen molar-refractivity contribution in [3.8, 4) is 16.9 Å². The molecule has 4 nitrogen and oxygen atoms in total. The minimum absolute atomic E-state index is 0.215. The van der Waals surface area contributed by atoms with E-state index in [1.807, 2.05) is 0 Å². The van der Waals surface area contributed by atoms with Crippen molar-refractivity contribution in [1.82, 2.24) is 4.98 Å². The van der Waals surface area contributed by atoms with Crippen LogP contribution in [0.3, 0.4) is 0 Å². The standard InChI is InChI=1S/C12H11NO3/c1-16-12(15)11-6-9(7-13-11)8-2-4-10(14)5-3-8/h2-7,13-14H,1H3. The number of ether oxygens (including phenoxy) is 1. The van der Waals surface area contributed by atoms with Gasteiger partial charge in [0.15, 0.2) is 0 Å². The second-order valence-electron chi connectivity index (χ2n) is 3.34. The molecule has 2 rings (SSSR count). The average molecular weight is 217 g/mol. The molecule has 0 unspecified atom stereocenters. The fourth-order valence-electron chi connectivity index (χ4n) is 1.44. The number of aromatic hydroxyl groups is 1. The first kappa shape index (κ1) is 10.3. The van der Waals surface area contributed by atoms with E-state index in [1.165, 1.54) is 7.11 Å². The van der Waals surface area contributed by atoms with Crippen molar-refractivity contribution in [1.29, 1.82) is 0 Å². The van der Waals surface area contributed by atoms with Gasteiger partial charge in [-0.2, -0.15) is 0 Å². The van der Waals surface area contributed by atoms with Crippen LogP contribution in [0, 0.1) is 0 Å². The van der Waals surface area contributed by atoms with Crippen molar-refractivity contribution < 1.29 is 14.6 Å². The van der Waals surface area contributed by atoms with Crippen LogP contribution in [0.4, 0.5) is 0 Å². The number of carbonyl (C=O) groups is 1. The lowest BCUT2D eigenvalue weighted by atomic mass is 10.1. The minimum Gasteiger partial charge on any atom is -0.508 e. The second kappa shape index (κ2) is 4.10. The Balaban J connectivity index is 2.31. The van der Waals surface area contributed by atoms with Crippen LogP contribution >= 0.6 is 0 Å². The van der Waals surface area contributed by atoms with E-state index in [1.54, 1.807) is 36.5 Å². The summed E-state index contributed by atoms with van der Waals surface area (Å²) in [5.41, 5.74) is 2.20. The zero-order valence-electron chi connectivity index (χ0n) is 8.73. The summed E-state index contributed by atoms with van der Waals surface area (Å²) >= 11 is 0. The van der Waals surface area contributed by atoms with Crippen molar-refractivity contribution in [2.75, 3.05) is 7.11 Å². The van der Waals surface area contributed by atoms with Gasteiger partial charge in [-0.3, -0.25) is 0 Å². The van der Waals surface area contributed by atoms with E-state index in [4.69, 9.17) is 5.11 Å². The summed E-state index contributed by atoms with van der Waals surface area (Å²) in [4.78, 5) is 14.1. The van der Waals surface area contributed by atoms with E-state index < -0.39 is 5.97 Å². The van der Waals surface area contributed by atoms with Gasteiger partial charge >= 0.3 is 5.97 Å². The molecule has 0 aliphatic heterocycles. The van der Waals surface area contributed by atoms with Gasteiger partial charge in [-0.1, -0.05) is 12.1 Å². The molecule has 0 saturated carbocycles. The van der Waals surface area contributed by atoms with Crippen LogP contribution in [0.15, 0.2) is 36.5 Å². The molecule has 0 fully saturated rings. The Morgan fingerprint density at radius 2 is 1.94 bits per heavy atom. The highest BCUT2D eigenvalue weighted by atomic mass is 16.5. The summed E-state index contributed by atoms with van der Waals surface area (Å²) in [6.07, 6.45) is 1.72. The average Bonchev–Trinajstić information content (AvgIpc) is 2.78. The number of phenolic OH excluding ortho intramolecular Hbond substituents is 1. The summed E-state index contributed by atoms with van der Waals surface area (Å²) < 4.78 is 4.59. The normalized spacial score (nSPS) is 10.1. The van der Waals surface area contributed by atoms with Crippen molar-refractivity contribution in [2.24, 2.45) is 0 Å². The van der Waals surface area contributed by atoms with Gasteiger partial charge < -0.3 is 14.8 Å². The first-order valence-corrected chi connectivity index (χ1v) is 4.77. The highest BCUT2D eigenvalue weighted by Gasteiger charge is 2.08. The molecular formula is C12H11NO3. The molecule has 0 bridgehead atoms. The van der Waals surface area contributed by atoms with Gasteiger partial charge in [0.25, 0.3) is 0 Å². The summed E-state index contributed by atoms with van der Waals surface area (Å²) in [5, 5.41) is 9.15. The monoisotopic (exact) mass is 217 g/mol. The molecule has 16 heavy (non-hydrogen) atoms. The van der Waals surface area contributed by atoms with Crippen molar-refractivity contribution >= 4 is 5.97 Å². The number of H-pyrrole nitrogens is 1. The number of esters is 1. The lowest BCUT2D eigenvalue weighted by Crippen LogP contribution is -2.00. The van der Waals surface area contributed by atoms with Crippen molar-refractivity contribution in [3.63, 3.8) is 0 Å². The molecule has 1 heterocycles. The van der Waals surface area contributed by atoms with E-state index in [0.717, 1.165) is 11.1 Å². The third-order valence-electron chi connectivity index (χ3n) is 2.29. The molecule has 82 valence electrons. The first-order valence-electron chi connectivity index (χ1n) is 4.77. The van der Waals surface area contributed by atoms with Crippen LogP contribution in [0.25, 0.3) is 11.1 Å². The van der Waals surface area contributed by atoms with E-state index >= 15 is 0 Å². The van der Waals surface area contributed by atoms with Gasteiger partial charge in [0, 0.05) is 6.20 Å². The number of hydrogen-bond acceptors (Lipinski definition) is 3. The van der Waals surface area contributed by atoms with Gasteiger partial charge in [0.2, 0.25) is 0 Å². The van der Waals surface area contributed by atoms with Gasteiger partial charge in [-0.25, -0.2) is 4.79 Å². The first-order chi connectivity index (χ1) is 7.70.